The van der Waals surface area contributed by atoms with Crippen molar-refractivity contribution in [2.75, 3.05) is 7.11 Å². The molecule has 6 heteroatoms. The summed E-state index contributed by atoms with van der Waals surface area (Å²) in [6, 6.07) is 3.39. The van der Waals surface area contributed by atoms with Crippen molar-refractivity contribution in [1.29, 1.82) is 0 Å². The highest BCUT2D eigenvalue weighted by molar-refractivity contribution is 7.16. The Kier molecular flexibility index (Phi) is 3.47. The number of hydrogen-bond acceptors (Lipinski definition) is 6. The van der Waals surface area contributed by atoms with Crippen LogP contribution in [0.5, 0.6) is 0 Å². The first-order chi connectivity index (χ1) is 8.61. The standard InChI is InChI=1S/C12H10N2O3S/c1-7(15)8-3-4-9(13-5-8)11-14-6-10(18-11)12(16)17-2/h3-6H,1-2H3. The normalized spacial score (nSPS) is 10.1. The van der Waals surface area contributed by atoms with Crippen molar-refractivity contribution in [3.8, 4) is 10.7 Å². The highest BCUT2D eigenvalue weighted by Crippen LogP contribution is 2.23. The number of esters is 1. The molecule has 0 spiro atoms. The maximum Gasteiger partial charge on any atom is 0.349 e. The van der Waals surface area contributed by atoms with Gasteiger partial charge in [-0.15, -0.1) is 11.3 Å². The Morgan fingerprint density at radius 2 is 2.00 bits per heavy atom. The Balaban J connectivity index is 2.29. The third-order valence-electron chi connectivity index (χ3n) is 2.28. The van der Waals surface area contributed by atoms with Gasteiger partial charge < -0.3 is 4.74 Å². The Morgan fingerprint density at radius 1 is 1.22 bits per heavy atom. The van der Waals surface area contributed by atoms with E-state index in [0.717, 1.165) is 0 Å². The van der Waals surface area contributed by atoms with E-state index in [0.29, 0.717) is 21.1 Å². The van der Waals surface area contributed by atoms with E-state index in [2.05, 4.69) is 14.7 Å². The van der Waals surface area contributed by atoms with E-state index >= 15 is 0 Å². The van der Waals surface area contributed by atoms with E-state index in [1.54, 1.807) is 12.1 Å². The van der Waals surface area contributed by atoms with Crippen LogP contribution in [0, 0.1) is 0 Å². The van der Waals surface area contributed by atoms with Gasteiger partial charge in [0.2, 0.25) is 0 Å². The Hall–Kier alpha value is -2.08. The molecule has 92 valence electrons. The number of ketones is 1. The minimum atomic E-state index is -0.417. The van der Waals surface area contributed by atoms with Gasteiger partial charge in [-0.2, -0.15) is 0 Å². The average molecular weight is 262 g/mol. The number of nitrogens with zero attached hydrogens (tertiary/aromatic N) is 2. The van der Waals surface area contributed by atoms with E-state index in [1.807, 2.05) is 0 Å². The molecule has 0 saturated heterocycles. The zero-order valence-electron chi connectivity index (χ0n) is 9.84. The van der Waals surface area contributed by atoms with Crippen molar-refractivity contribution in [3.63, 3.8) is 0 Å². The molecule has 0 atom stereocenters. The van der Waals surface area contributed by atoms with Crippen LogP contribution >= 0.6 is 11.3 Å². The molecule has 2 aromatic heterocycles. The van der Waals surface area contributed by atoms with E-state index in [4.69, 9.17) is 0 Å². The van der Waals surface area contributed by atoms with Crippen molar-refractivity contribution in [3.05, 3.63) is 35.0 Å². The first-order valence-corrected chi connectivity index (χ1v) is 5.95. The quantitative estimate of drug-likeness (QED) is 0.626. The third-order valence-corrected chi connectivity index (χ3v) is 3.28. The van der Waals surface area contributed by atoms with E-state index in [-0.39, 0.29) is 5.78 Å². The molecule has 0 radical (unpaired) electrons. The van der Waals surface area contributed by atoms with Crippen LogP contribution in [0.1, 0.15) is 27.0 Å². The molecule has 0 bridgehead atoms. The van der Waals surface area contributed by atoms with Crippen LogP contribution in [0.2, 0.25) is 0 Å². The van der Waals surface area contributed by atoms with Crippen LogP contribution in [-0.4, -0.2) is 28.8 Å². The lowest BCUT2D eigenvalue weighted by Crippen LogP contribution is -1.96. The van der Waals surface area contributed by atoms with Crippen molar-refractivity contribution in [1.82, 2.24) is 9.97 Å². The number of hydrogen-bond donors (Lipinski definition) is 0. The molecule has 0 aliphatic rings. The maximum absolute atomic E-state index is 11.3. The van der Waals surface area contributed by atoms with Gasteiger partial charge in [0.15, 0.2) is 5.78 Å². The Bertz CT molecular complexity index is 590. The van der Waals surface area contributed by atoms with Gasteiger partial charge in [0.05, 0.1) is 19.0 Å². The summed E-state index contributed by atoms with van der Waals surface area (Å²) in [6.07, 6.45) is 2.95. The van der Waals surface area contributed by atoms with Crippen LogP contribution in [0.15, 0.2) is 24.5 Å². The molecular weight excluding hydrogens is 252 g/mol. The van der Waals surface area contributed by atoms with Crippen LogP contribution in [0.25, 0.3) is 10.7 Å². The van der Waals surface area contributed by atoms with Crippen LogP contribution in [0.3, 0.4) is 0 Å². The van der Waals surface area contributed by atoms with Gasteiger partial charge in [-0.25, -0.2) is 9.78 Å². The first kappa shape index (κ1) is 12.4. The molecule has 0 amide bonds. The molecule has 2 aromatic rings. The molecule has 0 aliphatic heterocycles. The van der Waals surface area contributed by atoms with Crippen molar-refractivity contribution < 1.29 is 14.3 Å². The van der Waals surface area contributed by atoms with Gasteiger partial charge in [0, 0.05) is 11.8 Å². The summed E-state index contributed by atoms with van der Waals surface area (Å²) in [7, 11) is 1.32. The monoisotopic (exact) mass is 262 g/mol. The number of methoxy groups -OCH3 is 1. The molecule has 2 rings (SSSR count). The minimum Gasteiger partial charge on any atom is -0.465 e. The highest BCUT2D eigenvalue weighted by Gasteiger charge is 2.12. The fourth-order valence-corrected chi connectivity index (χ4v) is 2.13. The van der Waals surface area contributed by atoms with Crippen LogP contribution in [0.4, 0.5) is 0 Å². The Morgan fingerprint density at radius 3 is 2.56 bits per heavy atom. The summed E-state index contributed by atoms with van der Waals surface area (Å²) in [6.45, 7) is 1.48. The second-order valence-electron chi connectivity index (χ2n) is 3.51. The number of pyridine rings is 1. The van der Waals surface area contributed by atoms with Crippen molar-refractivity contribution in [2.24, 2.45) is 0 Å². The zero-order valence-corrected chi connectivity index (χ0v) is 10.7. The molecule has 0 saturated carbocycles. The SMILES string of the molecule is COC(=O)c1cnc(-c2ccc(C(C)=O)cn2)s1. The second-order valence-corrected chi connectivity index (χ2v) is 4.54. The smallest absolute Gasteiger partial charge is 0.349 e. The van der Waals surface area contributed by atoms with Crippen LogP contribution in [-0.2, 0) is 4.74 Å². The summed E-state index contributed by atoms with van der Waals surface area (Å²) >= 11 is 1.20. The fourth-order valence-electron chi connectivity index (χ4n) is 1.32. The molecule has 0 fully saturated rings. The predicted octanol–water partition coefficient (Wildman–Crippen LogP) is 2.19. The Labute approximate surface area is 107 Å². The summed E-state index contributed by atoms with van der Waals surface area (Å²) in [5, 5.41) is 0.616. The topological polar surface area (TPSA) is 69.2 Å². The van der Waals surface area contributed by atoms with Gasteiger partial charge in [0.25, 0.3) is 0 Å². The van der Waals surface area contributed by atoms with E-state index in [9.17, 15) is 9.59 Å². The largest absolute Gasteiger partial charge is 0.465 e. The molecule has 0 N–H and O–H groups in total. The number of thiazole rings is 1. The van der Waals surface area contributed by atoms with Gasteiger partial charge in [-0.3, -0.25) is 9.78 Å². The summed E-state index contributed by atoms with van der Waals surface area (Å²) < 4.78 is 4.60. The molecule has 0 aromatic carbocycles. The number of carbonyl (C=O) groups excluding carboxylic acids is 2. The summed E-state index contributed by atoms with van der Waals surface area (Å²) in [4.78, 5) is 31.1. The summed E-state index contributed by atoms with van der Waals surface area (Å²) in [5.74, 6) is -0.456. The molecule has 2 heterocycles. The molecule has 0 unspecified atom stereocenters. The first-order valence-electron chi connectivity index (χ1n) is 5.13. The number of aromatic nitrogens is 2. The van der Waals surface area contributed by atoms with E-state index in [1.165, 1.54) is 37.8 Å². The number of Topliss-reactive ketones (excluding diaryl/α,β-unsaturated/α-hetero) is 1. The van der Waals surface area contributed by atoms with Gasteiger partial charge in [0.1, 0.15) is 9.88 Å². The van der Waals surface area contributed by atoms with E-state index < -0.39 is 5.97 Å². The third kappa shape index (κ3) is 2.43. The lowest BCUT2D eigenvalue weighted by atomic mass is 10.2. The second kappa shape index (κ2) is 5.05. The van der Waals surface area contributed by atoms with Crippen molar-refractivity contribution >= 4 is 23.1 Å². The zero-order chi connectivity index (χ0) is 13.1. The predicted molar refractivity (Wildman–Crippen MR) is 66.7 cm³/mol. The number of carbonyl (C=O) groups is 2. The summed E-state index contributed by atoms with van der Waals surface area (Å²) in [5.41, 5.74) is 1.17. The van der Waals surface area contributed by atoms with Gasteiger partial charge in [-0.1, -0.05) is 0 Å². The molecule has 18 heavy (non-hydrogen) atoms. The molecular formula is C12H10N2O3S. The molecule has 5 nitrogen and oxygen atoms in total. The van der Waals surface area contributed by atoms with Gasteiger partial charge >= 0.3 is 5.97 Å². The number of rotatable bonds is 3. The fraction of sp³-hybridized carbons (Fsp3) is 0.167. The highest BCUT2D eigenvalue weighted by atomic mass is 32.1. The lowest BCUT2D eigenvalue weighted by molar-refractivity contribution is 0.0606. The van der Waals surface area contributed by atoms with Crippen LogP contribution < -0.4 is 0 Å². The minimum absolute atomic E-state index is 0.0385. The van der Waals surface area contributed by atoms with Gasteiger partial charge in [-0.05, 0) is 19.1 Å². The number of ether oxygens (including phenoxy) is 1. The maximum atomic E-state index is 11.3. The average Bonchev–Trinajstić information content (AvgIpc) is 2.87. The van der Waals surface area contributed by atoms with Crippen molar-refractivity contribution in [2.45, 2.75) is 6.92 Å². The molecule has 0 aliphatic carbocycles. The lowest BCUT2D eigenvalue weighted by Gasteiger charge is -1.97.